The van der Waals surface area contributed by atoms with Crippen LogP contribution in [0.25, 0.3) is 0 Å². The van der Waals surface area contributed by atoms with Gasteiger partial charge in [-0.3, -0.25) is 13.9 Å². The first-order valence-corrected chi connectivity index (χ1v) is 13.7. The van der Waals surface area contributed by atoms with Gasteiger partial charge in [0.25, 0.3) is 26.1 Å². The summed E-state index contributed by atoms with van der Waals surface area (Å²) in [6.45, 7) is -0.0813. The zero-order chi connectivity index (χ0) is 28.5. The van der Waals surface area contributed by atoms with Crippen molar-refractivity contribution in [2.45, 2.75) is 15.4 Å². The summed E-state index contributed by atoms with van der Waals surface area (Å²) in [7, 11) is -10.2. The molecule has 39 heavy (non-hydrogen) atoms. The highest BCUT2D eigenvalue weighted by Gasteiger charge is 2.56. The van der Waals surface area contributed by atoms with Gasteiger partial charge in [-0.2, -0.15) is 16.8 Å². The van der Waals surface area contributed by atoms with Crippen molar-refractivity contribution in [3.8, 4) is 23.8 Å². The number of nitrogen functional groups attached to an aromatic ring is 2. The minimum atomic E-state index is -5.10. The fourth-order valence-corrected chi connectivity index (χ4v) is 6.24. The molecule has 7 N–H and O–H groups in total. The minimum Gasteiger partial charge on any atom is -0.453 e. The lowest BCUT2D eigenvalue weighted by Crippen LogP contribution is -2.34. The van der Waals surface area contributed by atoms with Gasteiger partial charge < -0.3 is 26.3 Å². The molecule has 0 fully saturated rings. The number of hydrogen-bond donors (Lipinski definition) is 5. The number of fused-ring (bicyclic) bond motifs is 6. The SMILES string of the molecule is C#CCNC(=O)c1ccc2c(c1)C(=O)OC21c2ccc(N)c(S(=O)(=O)O)c2Oc2c1ccc(N)c2S(=O)(=O)O. The van der Waals surface area contributed by atoms with E-state index in [1.807, 2.05) is 0 Å². The van der Waals surface area contributed by atoms with E-state index in [0.717, 1.165) is 12.1 Å². The number of terminal acetylenes is 1. The Labute approximate surface area is 221 Å². The van der Waals surface area contributed by atoms with Crippen LogP contribution in [0.5, 0.6) is 11.5 Å². The topological polar surface area (TPSA) is 225 Å². The molecule has 0 unspecified atom stereocenters. The van der Waals surface area contributed by atoms with Gasteiger partial charge in [0.2, 0.25) is 0 Å². The molecule has 0 radical (unpaired) electrons. The Balaban J connectivity index is 1.91. The van der Waals surface area contributed by atoms with Gasteiger partial charge in [-0.1, -0.05) is 12.0 Å². The van der Waals surface area contributed by atoms with Crippen molar-refractivity contribution >= 4 is 43.5 Å². The first-order valence-electron chi connectivity index (χ1n) is 10.8. The average molecular weight is 572 g/mol. The lowest BCUT2D eigenvalue weighted by atomic mass is 9.77. The van der Waals surface area contributed by atoms with E-state index < -0.39 is 70.4 Å². The summed E-state index contributed by atoms with van der Waals surface area (Å²) in [5.41, 5.74) is 8.29. The van der Waals surface area contributed by atoms with E-state index in [4.69, 9.17) is 27.4 Å². The first-order chi connectivity index (χ1) is 18.2. The summed E-state index contributed by atoms with van der Waals surface area (Å²) >= 11 is 0. The monoisotopic (exact) mass is 571 g/mol. The highest BCUT2D eigenvalue weighted by Crippen LogP contribution is 2.59. The number of benzene rings is 3. The molecule has 0 saturated carbocycles. The van der Waals surface area contributed by atoms with Crippen LogP contribution in [0.4, 0.5) is 11.4 Å². The van der Waals surface area contributed by atoms with Gasteiger partial charge >= 0.3 is 5.97 Å². The second kappa shape index (κ2) is 8.44. The van der Waals surface area contributed by atoms with Gasteiger partial charge in [-0.05, 0) is 36.4 Å². The molecule has 15 heteroatoms. The number of amides is 1. The van der Waals surface area contributed by atoms with Crippen molar-refractivity contribution in [3.05, 3.63) is 70.3 Å². The van der Waals surface area contributed by atoms with Gasteiger partial charge in [0.15, 0.2) is 26.9 Å². The molecule has 1 spiro atoms. The van der Waals surface area contributed by atoms with Crippen LogP contribution in [0.2, 0.25) is 0 Å². The summed E-state index contributed by atoms with van der Waals surface area (Å²) in [5, 5.41) is 2.45. The second-order valence-electron chi connectivity index (χ2n) is 8.49. The van der Waals surface area contributed by atoms with Gasteiger partial charge in [0.05, 0.1) is 23.5 Å². The zero-order valence-corrected chi connectivity index (χ0v) is 21.1. The van der Waals surface area contributed by atoms with E-state index in [1.165, 1.54) is 30.3 Å². The normalized spacial score (nSPS) is 14.8. The van der Waals surface area contributed by atoms with E-state index in [0.29, 0.717) is 0 Å². The van der Waals surface area contributed by atoms with Crippen molar-refractivity contribution in [2.75, 3.05) is 18.0 Å². The van der Waals surface area contributed by atoms with Crippen LogP contribution in [0.3, 0.4) is 0 Å². The number of rotatable bonds is 4. The molecule has 3 aromatic rings. The standard InChI is InChI=1S/C24H17N3O10S2/c1-2-9-27-22(28)11-3-4-13-12(10-11)23(29)37-24(13)14-5-7-16(25)20(38(30,31)32)18(14)36-19-15(24)6-8-17(26)21(19)39(33,34)35/h1,3-8,10H,9,25-26H2,(H,27,28)(H,30,31,32)(H,33,34,35). The summed E-state index contributed by atoms with van der Waals surface area (Å²) < 4.78 is 80.8. The largest absolute Gasteiger partial charge is 0.453 e. The molecule has 0 bridgehead atoms. The third-order valence-electron chi connectivity index (χ3n) is 6.24. The van der Waals surface area contributed by atoms with Crippen molar-refractivity contribution in [1.82, 2.24) is 5.32 Å². The Morgan fingerprint density at radius 1 is 0.923 bits per heavy atom. The third kappa shape index (κ3) is 3.77. The summed E-state index contributed by atoms with van der Waals surface area (Å²) in [6.07, 6.45) is 5.17. The van der Waals surface area contributed by atoms with E-state index >= 15 is 0 Å². The summed E-state index contributed by atoms with van der Waals surface area (Å²) in [4.78, 5) is 23.8. The molecule has 2 aliphatic heterocycles. The number of nitrogens with one attached hydrogen (secondary N) is 1. The molecule has 0 saturated heterocycles. The molecule has 3 aromatic carbocycles. The smallest absolute Gasteiger partial charge is 0.340 e. The number of nitrogens with two attached hydrogens (primary N) is 2. The zero-order valence-electron chi connectivity index (χ0n) is 19.5. The van der Waals surface area contributed by atoms with Crippen LogP contribution in [-0.2, 0) is 30.6 Å². The maximum atomic E-state index is 13.2. The van der Waals surface area contributed by atoms with Crippen LogP contribution in [-0.4, -0.2) is 44.4 Å². The lowest BCUT2D eigenvalue weighted by Gasteiger charge is -2.37. The second-order valence-corrected chi connectivity index (χ2v) is 11.2. The maximum Gasteiger partial charge on any atom is 0.340 e. The third-order valence-corrected chi connectivity index (χ3v) is 8.12. The maximum absolute atomic E-state index is 13.2. The number of esters is 1. The first kappa shape index (κ1) is 26.0. The van der Waals surface area contributed by atoms with Crippen molar-refractivity contribution in [3.63, 3.8) is 0 Å². The quantitative estimate of drug-likeness (QED) is 0.129. The highest BCUT2D eigenvalue weighted by atomic mass is 32.2. The van der Waals surface area contributed by atoms with Crippen LogP contribution < -0.4 is 21.5 Å². The number of anilines is 2. The molecule has 2 aliphatic rings. The molecule has 200 valence electrons. The fraction of sp³-hybridized carbons (Fsp3) is 0.0833. The van der Waals surface area contributed by atoms with Crippen LogP contribution in [0.15, 0.2) is 52.3 Å². The van der Waals surface area contributed by atoms with Crippen molar-refractivity contribution < 1.29 is 45.0 Å². The molecular formula is C24H17N3O10S2. The average Bonchev–Trinajstić information content (AvgIpc) is 3.12. The number of carbonyl (C=O) groups excluding carboxylic acids is 2. The Morgan fingerprint density at radius 3 is 1.92 bits per heavy atom. The van der Waals surface area contributed by atoms with E-state index in [1.54, 1.807) is 0 Å². The Kier molecular flexibility index (Phi) is 5.63. The van der Waals surface area contributed by atoms with E-state index in [9.17, 15) is 35.5 Å². The summed E-state index contributed by atoms with van der Waals surface area (Å²) in [5.74, 6) is -0.658. The van der Waals surface area contributed by atoms with Gasteiger partial charge in [0, 0.05) is 22.3 Å². The predicted octanol–water partition coefficient (Wildman–Crippen LogP) is 1.28. The van der Waals surface area contributed by atoms with Crippen LogP contribution in [0, 0.1) is 12.3 Å². The van der Waals surface area contributed by atoms with Crippen LogP contribution >= 0.6 is 0 Å². The molecule has 0 aromatic heterocycles. The molecule has 0 aliphatic carbocycles. The molecule has 13 nitrogen and oxygen atoms in total. The number of ether oxygens (including phenoxy) is 2. The van der Waals surface area contributed by atoms with Crippen molar-refractivity contribution in [2.24, 2.45) is 0 Å². The Morgan fingerprint density at radius 2 is 1.44 bits per heavy atom. The highest BCUT2D eigenvalue weighted by molar-refractivity contribution is 7.86. The van der Waals surface area contributed by atoms with Gasteiger partial charge in [-0.15, -0.1) is 6.42 Å². The van der Waals surface area contributed by atoms with Gasteiger partial charge in [0.1, 0.15) is 0 Å². The Hall–Kier alpha value is -4.62. The number of carbonyl (C=O) groups is 2. The van der Waals surface area contributed by atoms with Crippen LogP contribution in [0.1, 0.15) is 37.4 Å². The fourth-order valence-electron chi connectivity index (χ4n) is 4.74. The van der Waals surface area contributed by atoms with E-state index in [2.05, 4.69) is 11.2 Å². The summed E-state index contributed by atoms with van der Waals surface area (Å²) in [6, 6.07) is 8.67. The molecular weight excluding hydrogens is 554 g/mol. The predicted molar refractivity (Wildman–Crippen MR) is 134 cm³/mol. The van der Waals surface area contributed by atoms with E-state index in [-0.39, 0.29) is 34.4 Å². The molecule has 1 amide bonds. The number of hydrogen-bond acceptors (Lipinski definition) is 10. The molecule has 2 heterocycles. The lowest BCUT2D eigenvalue weighted by molar-refractivity contribution is 0.0221. The molecule has 5 rings (SSSR count). The minimum absolute atomic E-state index is 0.0392. The Bertz CT molecular complexity index is 1810. The molecule has 0 atom stereocenters. The van der Waals surface area contributed by atoms with Crippen molar-refractivity contribution in [1.29, 1.82) is 0 Å². The van der Waals surface area contributed by atoms with Gasteiger partial charge in [-0.25, -0.2) is 4.79 Å².